The van der Waals surface area contributed by atoms with E-state index in [1.165, 1.54) is 11.3 Å². The smallest absolute Gasteiger partial charge is 0.228 e. The van der Waals surface area contributed by atoms with Crippen LogP contribution >= 0.6 is 0 Å². The summed E-state index contributed by atoms with van der Waals surface area (Å²) in [4.78, 5) is 30.3. The van der Waals surface area contributed by atoms with E-state index in [0.29, 0.717) is 26.1 Å². The van der Waals surface area contributed by atoms with Crippen LogP contribution in [0.3, 0.4) is 0 Å². The Labute approximate surface area is 146 Å². The Balaban J connectivity index is 1.40. The minimum atomic E-state index is -0.214. The molecule has 2 aromatic rings. The highest BCUT2D eigenvalue weighted by molar-refractivity contribution is 5.89. The Bertz CT molecular complexity index is 784. The van der Waals surface area contributed by atoms with Crippen LogP contribution in [0, 0.1) is 5.92 Å². The monoisotopic (exact) mass is 338 g/mol. The van der Waals surface area contributed by atoms with E-state index >= 15 is 0 Å². The Morgan fingerprint density at radius 3 is 2.88 bits per heavy atom. The van der Waals surface area contributed by atoms with Crippen LogP contribution in [0.4, 0.5) is 0 Å². The van der Waals surface area contributed by atoms with Crippen molar-refractivity contribution >= 4 is 11.8 Å². The van der Waals surface area contributed by atoms with Gasteiger partial charge in [0.2, 0.25) is 11.8 Å². The van der Waals surface area contributed by atoms with Gasteiger partial charge in [-0.05, 0) is 12.0 Å². The molecule has 2 aliphatic rings. The number of rotatable bonds is 4. The maximum absolute atomic E-state index is 12.6. The summed E-state index contributed by atoms with van der Waals surface area (Å²) in [5.41, 5.74) is 3.54. The maximum Gasteiger partial charge on any atom is 0.228 e. The number of hydrogen-bond acceptors (Lipinski definition) is 3. The van der Waals surface area contributed by atoms with Gasteiger partial charge in [0.15, 0.2) is 0 Å². The van der Waals surface area contributed by atoms with Gasteiger partial charge in [-0.3, -0.25) is 9.59 Å². The van der Waals surface area contributed by atoms with E-state index in [2.05, 4.69) is 39.1 Å². The lowest BCUT2D eigenvalue weighted by atomic mass is 10.0. The number of nitrogens with zero attached hydrogens (tertiary/aromatic N) is 3. The zero-order valence-electron chi connectivity index (χ0n) is 14.1. The number of carbonyl (C=O) groups excluding carboxylic acids is 2. The zero-order valence-corrected chi connectivity index (χ0v) is 14.1. The van der Waals surface area contributed by atoms with Crippen LogP contribution in [-0.4, -0.2) is 39.4 Å². The summed E-state index contributed by atoms with van der Waals surface area (Å²) in [6.45, 7) is 2.62. The molecule has 130 valence electrons. The van der Waals surface area contributed by atoms with Gasteiger partial charge in [0.1, 0.15) is 0 Å². The van der Waals surface area contributed by atoms with Crippen molar-refractivity contribution in [2.75, 3.05) is 13.1 Å². The number of fused-ring (bicyclic) bond motifs is 1. The molecule has 6 nitrogen and oxygen atoms in total. The summed E-state index contributed by atoms with van der Waals surface area (Å²) in [5.74, 6) is -0.168. The van der Waals surface area contributed by atoms with Crippen molar-refractivity contribution in [1.29, 1.82) is 0 Å². The van der Waals surface area contributed by atoms with E-state index in [1.807, 2.05) is 17.3 Å². The van der Waals surface area contributed by atoms with Crippen molar-refractivity contribution in [3.05, 3.63) is 53.6 Å². The summed E-state index contributed by atoms with van der Waals surface area (Å²) in [6.07, 6.45) is 4.00. The largest absolute Gasteiger partial charge is 0.355 e. The van der Waals surface area contributed by atoms with Gasteiger partial charge in [-0.25, -0.2) is 4.98 Å². The van der Waals surface area contributed by atoms with Crippen LogP contribution in [0.2, 0.25) is 0 Å². The molecule has 0 saturated carbocycles. The molecular formula is C19H22N4O2. The van der Waals surface area contributed by atoms with E-state index in [4.69, 9.17) is 0 Å². The fourth-order valence-electron chi connectivity index (χ4n) is 3.68. The van der Waals surface area contributed by atoms with Gasteiger partial charge in [-0.2, -0.15) is 0 Å². The molecule has 0 radical (unpaired) electrons. The van der Waals surface area contributed by atoms with E-state index in [0.717, 1.165) is 25.1 Å². The fourth-order valence-corrected chi connectivity index (χ4v) is 3.68. The summed E-state index contributed by atoms with van der Waals surface area (Å²) in [6, 6.07) is 10.4. The highest BCUT2D eigenvalue weighted by atomic mass is 16.2. The highest BCUT2D eigenvalue weighted by Gasteiger charge is 2.33. The first-order chi connectivity index (χ1) is 12.2. The SMILES string of the molecule is O=C1C[C@@H](C(=O)N2CCc3c(ncn3CCc3ccccc3)C2)CN1. The Morgan fingerprint density at radius 2 is 2.12 bits per heavy atom. The van der Waals surface area contributed by atoms with Crippen molar-refractivity contribution in [3.63, 3.8) is 0 Å². The second-order valence-electron chi connectivity index (χ2n) is 6.78. The molecule has 1 aromatic carbocycles. The van der Waals surface area contributed by atoms with Crippen LogP contribution in [0.1, 0.15) is 23.4 Å². The van der Waals surface area contributed by atoms with E-state index in [-0.39, 0.29) is 17.7 Å². The number of amides is 2. The lowest BCUT2D eigenvalue weighted by molar-refractivity contribution is -0.136. The van der Waals surface area contributed by atoms with E-state index in [1.54, 1.807) is 0 Å². The van der Waals surface area contributed by atoms with Crippen molar-refractivity contribution < 1.29 is 9.59 Å². The molecule has 1 fully saturated rings. The number of nitrogens with one attached hydrogen (secondary N) is 1. The second-order valence-corrected chi connectivity index (χ2v) is 6.78. The fraction of sp³-hybridized carbons (Fsp3) is 0.421. The Kier molecular flexibility index (Phi) is 4.26. The number of carbonyl (C=O) groups is 2. The minimum absolute atomic E-state index is 0.0266. The third-order valence-electron chi connectivity index (χ3n) is 5.11. The molecule has 25 heavy (non-hydrogen) atoms. The second kappa shape index (κ2) is 6.70. The molecule has 0 spiro atoms. The van der Waals surface area contributed by atoms with Crippen molar-refractivity contribution in [3.8, 4) is 0 Å². The molecule has 4 rings (SSSR count). The standard InChI is InChI=1S/C19H22N4O2/c24-18-10-15(11-20-18)19(25)22-9-7-17-16(12-22)21-13-23(17)8-6-14-4-2-1-3-5-14/h1-5,13,15H,6-12H2,(H,20,24)/t15-/m1/s1. The van der Waals surface area contributed by atoms with Gasteiger partial charge >= 0.3 is 0 Å². The molecule has 1 saturated heterocycles. The molecule has 1 N–H and O–H groups in total. The zero-order chi connectivity index (χ0) is 17.2. The van der Waals surface area contributed by atoms with Crippen molar-refractivity contribution in [2.45, 2.75) is 32.4 Å². The van der Waals surface area contributed by atoms with Gasteiger partial charge in [-0.15, -0.1) is 0 Å². The Morgan fingerprint density at radius 1 is 1.28 bits per heavy atom. The predicted molar refractivity (Wildman–Crippen MR) is 92.6 cm³/mol. The molecule has 0 aliphatic carbocycles. The number of benzene rings is 1. The maximum atomic E-state index is 12.6. The van der Waals surface area contributed by atoms with E-state index in [9.17, 15) is 9.59 Å². The summed E-state index contributed by atoms with van der Waals surface area (Å²) in [5, 5.41) is 2.74. The third-order valence-corrected chi connectivity index (χ3v) is 5.11. The average molecular weight is 338 g/mol. The molecule has 2 amide bonds. The molecule has 3 heterocycles. The highest BCUT2D eigenvalue weighted by Crippen LogP contribution is 2.22. The average Bonchev–Trinajstić information content (AvgIpc) is 3.26. The summed E-state index contributed by atoms with van der Waals surface area (Å²) in [7, 11) is 0. The van der Waals surface area contributed by atoms with Gasteiger partial charge in [0.25, 0.3) is 0 Å². The molecule has 2 aliphatic heterocycles. The first kappa shape index (κ1) is 15.9. The quantitative estimate of drug-likeness (QED) is 0.909. The van der Waals surface area contributed by atoms with Crippen LogP contribution < -0.4 is 5.32 Å². The van der Waals surface area contributed by atoms with Crippen molar-refractivity contribution in [2.24, 2.45) is 5.92 Å². The van der Waals surface area contributed by atoms with Crippen LogP contribution in [0.25, 0.3) is 0 Å². The molecular weight excluding hydrogens is 316 g/mol. The first-order valence-electron chi connectivity index (χ1n) is 8.83. The Hall–Kier alpha value is -2.63. The minimum Gasteiger partial charge on any atom is -0.355 e. The summed E-state index contributed by atoms with van der Waals surface area (Å²) < 4.78 is 2.21. The van der Waals surface area contributed by atoms with Gasteiger partial charge in [0, 0.05) is 38.2 Å². The van der Waals surface area contributed by atoms with Gasteiger partial charge < -0.3 is 14.8 Å². The van der Waals surface area contributed by atoms with Crippen molar-refractivity contribution in [1.82, 2.24) is 19.8 Å². The molecule has 0 unspecified atom stereocenters. The molecule has 0 bridgehead atoms. The number of aryl methyl sites for hydroxylation is 2. The lowest BCUT2D eigenvalue weighted by Crippen LogP contribution is -2.40. The lowest BCUT2D eigenvalue weighted by Gasteiger charge is -2.29. The number of aromatic nitrogens is 2. The van der Waals surface area contributed by atoms with Crippen LogP contribution in [-0.2, 0) is 35.5 Å². The van der Waals surface area contributed by atoms with Gasteiger partial charge in [-0.1, -0.05) is 30.3 Å². The molecule has 1 aromatic heterocycles. The normalized spacial score (nSPS) is 19.6. The van der Waals surface area contributed by atoms with Crippen LogP contribution in [0.5, 0.6) is 0 Å². The third kappa shape index (κ3) is 3.29. The topological polar surface area (TPSA) is 67.2 Å². The predicted octanol–water partition coefficient (Wildman–Crippen LogP) is 1.15. The number of hydrogen-bond donors (Lipinski definition) is 1. The number of imidazole rings is 1. The first-order valence-corrected chi connectivity index (χ1v) is 8.83. The molecule has 6 heteroatoms. The summed E-state index contributed by atoms with van der Waals surface area (Å²) >= 11 is 0. The van der Waals surface area contributed by atoms with Crippen LogP contribution in [0.15, 0.2) is 36.7 Å². The van der Waals surface area contributed by atoms with E-state index < -0.39 is 0 Å². The van der Waals surface area contributed by atoms with Gasteiger partial charge in [0.05, 0.1) is 24.5 Å². The molecule has 1 atom stereocenters.